The van der Waals surface area contributed by atoms with Crippen LogP contribution in [0.4, 0.5) is 11.4 Å². The van der Waals surface area contributed by atoms with Gasteiger partial charge in [-0.3, -0.25) is 9.71 Å². The molecule has 7 nitrogen and oxygen atoms in total. The number of hydrogen-bond donors (Lipinski definition) is 2. The van der Waals surface area contributed by atoms with Gasteiger partial charge in [0.2, 0.25) is 10.0 Å². The highest BCUT2D eigenvalue weighted by molar-refractivity contribution is 7.92. The summed E-state index contributed by atoms with van der Waals surface area (Å²) in [6.07, 6.45) is 2.89. The number of halogens is 2. The highest BCUT2D eigenvalue weighted by Gasteiger charge is 2.42. The van der Waals surface area contributed by atoms with Gasteiger partial charge in [-0.2, -0.15) is 0 Å². The molecule has 38 heavy (non-hydrogen) atoms. The van der Waals surface area contributed by atoms with Gasteiger partial charge in [-0.25, -0.2) is 8.42 Å². The fraction of sp³-hybridized carbons (Fsp3) is 0.185. The van der Waals surface area contributed by atoms with Crippen molar-refractivity contribution in [1.29, 1.82) is 0 Å². The standard InChI is InChI=1S/C27H25Cl2N5O2S2/c1-16-14-21(17(2)33(16)24-12-7-18(28)15-22(24)29)26-25(23-6-4-5-13-30-23)31-27(37)34(26)20-10-8-19(9-11-20)32-38(3,35)36/h4-15,25-26,32H,1-3H3,(H,31,37)/t25-,26-/m0/s1. The molecule has 0 unspecified atom stereocenters. The third kappa shape index (κ3) is 5.11. The lowest BCUT2D eigenvalue weighted by Crippen LogP contribution is -2.29. The fourth-order valence-corrected chi connectivity index (χ4v) is 6.38. The summed E-state index contributed by atoms with van der Waals surface area (Å²) in [6.45, 7) is 4.09. The molecule has 11 heteroatoms. The van der Waals surface area contributed by atoms with Crippen molar-refractivity contribution < 1.29 is 8.42 Å². The zero-order chi connectivity index (χ0) is 27.2. The lowest BCUT2D eigenvalue weighted by molar-refractivity contribution is 0.565. The normalized spacial score (nSPS) is 17.5. The Kier molecular flexibility index (Phi) is 7.13. The van der Waals surface area contributed by atoms with Gasteiger partial charge >= 0.3 is 0 Å². The Balaban J connectivity index is 1.64. The summed E-state index contributed by atoms with van der Waals surface area (Å²) in [6, 6.07) is 20.1. The van der Waals surface area contributed by atoms with Crippen molar-refractivity contribution in [3.8, 4) is 5.69 Å². The Morgan fingerprint density at radius 1 is 1.03 bits per heavy atom. The average molecular weight is 587 g/mol. The summed E-state index contributed by atoms with van der Waals surface area (Å²) >= 11 is 18.6. The van der Waals surface area contributed by atoms with E-state index in [1.165, 1.54) is 0 Å². The minimum atomic E-state index is -3.39. The second-order valence-electron chi connectivity index (χ2n) is 9.18. The van der Waals surface area contributed by atoms with Crippen LogP contribution >= 0.6 is 35.4 Å². The van der Waals surface area contributed by atoms with Gasteiger partial charge in [0.1, 0.15) is 0 Å². The molecule has 1 saturated heterocycles. The van der Waals surface area contributed by atoms with Crippen molar-refractivity contribution in [3.63, 3.8) is 0 Å². The molecule has 2 N–H and O–H groups in total. The van der Waals surface area contributed by atoms with E-state index in [9.17, 15) is 8.42 Å². The van der Waals surface area contributed by atoms with Gasteiger partial charge < -0.3 is 14.8 Å². The number of thiocarbonyl (C=S) groups is 1. The molecule has 0 bridgehead atoms. The number of benzene rings is 2. The molecule has 5 rings (SSSR count). The van der Waals surface area contributed by atoms with Gasteiger partial charge in [0.25, 0.3) is 0 Å². The van der Waals surface area contributed by atoms with E-state index in [0.29, 0.717) is 20.8 Å². The molecule has 196 valence electrons. The SMILES string of the molecule is Cc1cc([C@H]2[C@H](c3ccccn3)NC(=S)N2c2ccc(NS(C)(=O)=O)cc2)c(C)n1-c1ccc(Cl)cc1Cl. The van der Waals surface area contributed by atoms with Crippen molar-refractivity contribution in [3.05, 3.63) is 106 Å². The highest BCUT2D eigenvalue weighted by Crippen LogP contribution is 2.44. The summed E-state index contributed by atoms with van der Waals surface area (Å²) in [5.74, 6) is 0. The molecule has 2 aromatic heterocycles. The first-order valence-electron chi connectivity index (χ1n) is 11.8. The van der Waals surface area contributed by atoms with Crippen LogP contribution in [-0.4, -0.2) is 29.3 Å². The first kappa shape index (κ1) is 26.5. The molecule has 0 aliphatic carbocycles. The second kappa shape index (κ2) is 10.2. The molecule has 2 aromatic carbocycles. The molecule has 3 heterocycles. The minimum Gasteiger partial charge on any atom is -0.351 e. The number of hydrogen-bond acceptors (Lipinski definition) is 4. The summed E-state index contributed by atoms with van der Waals surface area (Å²) in [5, 5.41) is 5.14. The number of sulfonamides is 1. The topological polar surface area (TPSA) is 79.3 Å². The van der Waals surface area contributed by atoms with E-state index in [1.54, 1.807) is 24.4 Å². The molecule has 1 aliphatic rings. The van der Waals surface area contributed by atoms with Crippen LogP contribution in [-0.2, 0) is 10.0 Å². The number of nitrogens with one attached hydrogen (secondary N) is 2. The third-order valence-electron chi connectivity index (χ3n) is 6.49. The monoisotopic (exact) mass is 585 g/mol. The maximum Gasteiger partial charge on any atom is 0.229 e. The first-order valence-corrected chi connectivity index (χ1v) is 14.8. The van der Waals surface area contributed by atoms with Crippen molar-refractivity contribution >= 4 is 61.9 Å². The fourth-order valence-electron chi connectivity index (χ4n) is 4.97. The predicted octanol–water partition coefficient (Wildman–Crippen LogP) is 6.34. The number of aryl methyl sites for hydroxylation is 1. The number of anilines is 2. The molecule has 0 radical (unpaired) electrons. The van der Waals surface area contributed by atoms with Crippen LogP contribution in [0, 0.1) is 13.8 Å². The van der Waals surface area contributed by atoms with E-state index >= 15 is 0 Å². The van der Waals surface area contributed by atoms with Gasteiger partial charge in [-0.1, -0.05) is 29.3 Å². The highest BCUT2D eigenvalue weighted by atomic mass is 35.5. The molecular formula is C27H25Cl2N5O2S2. The van der Waals surface area contributed by atoms with Crippen LogP contribution in [0.15, 0.2) is 72.9 Å². The average Bonchev–Trinajstić information content (AvgIpc) is 3.35. The maximum atomic E-state index is 11.7. The van der Waals surface area contributed by atoms with Crippen LogP contribution in [0.1, 0.15) is 34.7 Å². The molecule has 0 spiro atoms. The minimum absolute atomic E-state index is 0.229. The number of pyridine rings is 1. The number of aromatic nitrogens is 2. The largest absolute Gasteiger partial charge is 0.351 e. The Morgan fingerprint density at radius 2 is 1.76 bits per heavy atom. The Labute approximate surface area is 237 Å². The van der Waals surface area contributed by atoms with E-state index in [1.807, 2.05) is 49.4 Å². The van der Waals surface area contributed by atoms with Crippen LogP contribution in [0.5, 0.6) is 0 Å². The van der Waals surface area contributed by atoms with Crippen LogP contribution in [0.2, 0.25) is 10.0 Å². The maximum absolute atomic E-state index is 11.7. The van der Waals surface area contributed by atoms with Crippen molar-refractivity contribution in [1.82, 2.24) is 14.9 Å². The third-order valence-corrected chi connectivity index (χ3v) is 7.95. The van der Waals surface area contributed by atoms with E-state index in [-0.39, 0.29) is 12.1 Å². The van der Waals surface area contributed by atoms with Gasteiger partial charge in [0, 0.05) is 34.0 Å². The summed E-state index contributed by atoms with van der Waals surface area (Å²) in [5.41, 5.74) is 6.04. The van der Waals surface area contributed by atoms with Gasteiger partial charge in [0.05, 0.1) is 34.7 Å². The van der Waals surface area contributed by atoms with Gasteiger partial charge in [-0.05, 0) is 92.3 Å². The van der Waals surface area contributed by atoms with E-state index in [4.69, 9.17) is 35.4 Å². The Morgan fingerprint density at radius 3 is 2.39 bits per heavy atom. The molecule has 4 aromatic rings. The Bertz CT molecular complexity index is 1620. The van der Waals surface area contributed by atoms with Gasteiger partial charge in [0.15, 0.2) is 5.11 Å². The van der Waals surface area contributed by atoms with Crippen molar-refractivity contribution in [2.75, 3.05) is 15.9 Å². The summed E-state index contributed by atoms with van der Waals surface area (Å²) in [7, 11) is -3.39. The lowest BCUT2D eigenvalue weighted by atomic mass is 9.96. The first-order chi connectivity index (χ1) is 18.0. The van der Waals surface area contributed by atoms with E-state index < -0.39 is 10.0 Å². The predicted molar refractivity (Wildman–Crippen MR) is 158 cm³/mol. The lowest BCUT2D eigenvalue weighted by Gasteiger charge is -2.28. The smallest absolute Gasteiger partial charge is 0.229 e. The molecule has 1 fully saturated rings. The van der Waals surface area contributed by atoms with Crippen LogP contribution in [0.3, 0.4) is 0 Å². The number of nitrogens with zero attached hydrogens (tertiary/aromatic N) is 3. The van der Waals surface area contributed by atoms with Crippen molar-refractivity contribution in [2.24, 2.45) is 0 Å². The zero-order valence-electron chi connectivity index (χ0n) is 20.8. The second-order valence-corrected chi connectivity index (χ2v) is 12.2. The Hall–Kier alpha value is -3.11. The number of rotatable bonds is 6. The van der Waals surface area contributed by atoms with E-state index in [0.717, 1.165) is 40.3 Å². The molecule has 1 aliphatic heterocycles. The quantitative estimate of drug-likeness (QED) is 0.257. The molecule has 0 saturated carbocycles. The molecular weight excluding hydrogens is 561 g/mol. The van der Waals surface area contributed by atoms with Gasteiger partial charge in [-0.15, -0.1) is 0 Å². The van der Waals surface area contributed by atoms with Crippen LogP contribution < -0.4 is 14.9 Å². The van der Waals surface area contributed by atoms with Crippen LogP contribution in [0.25, 0.3) is 5.69 Å². The summed E-state index contributed by atoms with van der Waals surface area (Å²) in [4.78, 5) is 6.68. The molecule has 2 atom stereocenters. The zero-order valence-corrected chi connectivity index (χ0v) is 24.0. The summed E-state index contributed by atoms with van der Waals surface area (Å²) < 4.78 is 28.0. The van der Waals surface area contributed by atoms with Crippen molar-refractivity contribution in [2.45, 2.75) is 25.9 Å². The van der Waals surface area contributed by atoms with E-state index in [2.05, 4.69) is 37.5 Å². The molecule has 0 amide bonds.